The summed E-state index contributed by atoms with van der Waals surface area (Å²) < 4.78 is 2.19. The largest absolute Gasteiger partial charge is 0.342 e. The van der Waals surface area contributed by atoms with E-state index in [4.69, 9.17) is 0 Å². The molecule has 144 valence electrons. The molecule has 0 bridgehead atoms. The molecule has 0 spiro atoms. The number of carbonyl (C=O) groups is 1. The summed E-state index contributed by atoms with van der Waals surface area (Å²) in [5.74, 6) is 2.26. The second-order valence-electron chi connectivity index (χ2n) is 7.86. The van der Waals surface area contributed by atoms with Crippen LogP contribution in [0.2, 0.25) is 0 Å². The van der Waals surface area contributed by atoms with Gasteiger partial charge in [-0.1, -0.05) is 18.7 Å². The van der Waals surface area contributed by atoms with Crippen LogP contribution >= 0.6 is 11.8 Å². The van der Waals surface area contributed by atoms with Crippen LogP contribution in [0.1, 0.15) is 51.5 Å². The fourth-order valence-electron chi connectivity index (χ4n) is 3.79. The summed E-state index contributed by atoms with van der Waals surface area (Å²) in [6, 6.07) is 4.76. The number of thioether (sulfide) groups is 1. The molecule has 7 heteroatoms. The molecule has 2 heterocycles. The third-order valence-corrected chi connectivity index (χ3v) is 6.68. The molecule has 0 aromatic carbocycles. The van der Waals surface area contributed by atoms with E-state index in [1.165, 1.54) is 24.6 Å². The maximum absolute atomic E-state index is 12.7. The molecule has 0 radical (unpaired) electrons. The van der Waals surface area contributed by atoms with Gasteiger partial charge < -0.3 is 4.90 Å². The van der Waals surface area contributed by atoms with E-state index in [0.29, 0.717) is 17.8 Å². The van der Waals surface area contributed by atoms with Gasteiger partial charge in [-0.15, -0.1) is 10.2 Å². The van der Waals surface area contributed by atoms with E-state index in [1.54, 1.807) is 6.20 Å². The zero-order valence-corrected chi connectivity index (χ0v) is 16.9. The highest BCUT2D eigenvalue weighted by Crippen LogP contribution is 2.41. The third kappa shape index (κ3) is 4.18. The monoisotopic (exact) mass is 385 g/mol. The standard InChI is InChI=1S/C20H27N5OS/c1-14-5-7-16(8-6-14)24(2)18(26)13-27-20-23-22-19(25(20)17-9-10-17)15-4-3-11-21-12-15/h3-4,11-12,14,16-17H,5-10,13H2,1-2H3. The van der Waals surface area contributed by atoms with Gasteiger partial charge in [0.25, 0.3) is 0 Å². The Kier molecular flexibility index (Phi) is 5.48. The van der Waals surface area contributed by atoms with Gasteiger partial charge in [0.15, 0.2) is 11.0 Å². The number of aromatic nitrogens is 4. The van der Waals surface area contributed by atoms with Crippen LogP contribution in [0.4, 0.5) is 0 Å². The smallest absolute Gasteiger partial charge is 0.233 e. The Hall–Kier alpha value is -1.89. The molecule has 2 aromatic rings. The van der Waals surface area contributed by atoms with Crippen molar-refractivity contribution in [2.75, 3.05) is 12.8 Å². The van der Waals surface area contributed by atoms with Crippen molar-refractivity contribution in [1.82, 2.24) is 24.6 Å². The average molecular weight is 386 g/mol. The summed E-state index contributed by atoms with van der Waals surface area (Å²) in [5, 5.41) is 9.62. The van der Waals surface area contributed by atoms with Crippen molar-refractivity contribution in [2.24, 2.45) is 5.92 Å². The van der Waals surface area contributed by atoms with Crippen LogP contribution in [-0.4, -0.2) is 49.4 Å². The van der Waals surface area contributed by atoms with E-state index in [-0.39, 0.29) is 5.91 Å². The predicted molar refractivity (Wildman–Crippen MR) is 106 cm³/mol. The number of amides is 1. The van der Waals surface area contributed by atoms with E-state index in [1.807, 2.05) is 30.3 Å². The van der Waals surface area contributed by atoms with Crippen molar-refractivity contribution in [2.45, 2.75) is 62.7 Å². The Balaban J connectivity index is 1.42. The molecule has 6 nitrogen and oxygen atoms in total. The Morgan fingerprint density at radius 2 is 2.00 bits per heavy atom. The van der Waals surface area contributed by atoms with Gasteiger partial charge in [-0.3, -0.25) is 14.3 Å². The minimum atomic E-state index is 0.188. The molecule has 2 fully saturated rings. The normalized spacial score (nSPS) is 22.6. The van der Waals surface area contributed by atoms with Gasteiger partial charge in [0.2, 0.25) is 5.91 Å². The minimum Gasteiger partial charge on any atom is -0.342 e. The van der Waals surface area contributed by atoms with E-state index >= 15 is 0 Å². The summed E-state index contributed by atoms with van der Waals surface area (Å²) in [7, 11) is 1.95. The number of hydrogen-bond acceptors (Lipinski definition) is 5. The first-order valence-corrected chi connectivity index (χ1v) is 10.9. The Morgan fingerprint density at radius 1 is 1.22 bits per heavy atom. The predicted octanol–water partition coefficient (Wildman–Crippen LogP) is 3.80. The van der Waals surface area contributed by atoms with Crippen LogP contribution in [0.25, 0.3) is 11.4 Å². The highest BCUT2D eigenvalue weighted by molar-refractivity contribution is 7.99. The van der Waals surface area contributed by atoms with Crippen LogP contribution in [0, 0.1) is 5.92 Å². The molecule has 1 amide bonds. The first-order chi connectivity index (χ1) is 13.1. The van der Waals surface area contributed by atoms with Crippen molar-refractivity contribution >= 4 is 17.7 Å². The molecule has 0 saturated heterocycles. The first-order valence-electron chi connectivity index (χ1n) is 9.87. The molecule has 0 N–H and O–H groups in total. The van der Waals surface area contributed by atoms with Gasteiger partial charge in [0, 0.05) is 37.1 Å². The van der Waals surface area contributed by atoms with Crippen LogP contribution < -0.4 is 0 Å². The maximum Gasteiger partial charge on any atom is 0.233 e. The molecule has 27 heavy (non-hydrogen) atoms. The zero-order valence-electron chi connectivity index (χ0n) is 16.0. The quantitative estimate of drug-likeness (QED) is 0.708. The van der Waals surface area contributed by atoms with Crippen molar-refractivity contribution < 1.29 is 4.79 Å². The lowest BCUT2D eigenvalue weighted by molar-refractivity contribution is -0.129. The molecular formula is C20H27N5OS. The van der Waals surface area contributed by atoms with E-state index in [2.05, 4.69) is 26.7 Å². The summed E-state index contributed by atoms with van der Waals surface area (Å²) in [6.45, 7) is 2.30. The number of carbonyl (C=O) groups excluding carboxylic acids is 1. The molecule has 2 saturated carbocycles. The van der Waals surface area contributed by atoms with Crippen molar-refractivity contribution in [3.63, 3.8) is 0 Å². The van der Waals surface area contributed by atoms with Gasteiger partial charge in [-0.05, 0) is 56.6 Å². The highest BCUT2D eigenvalue weighted by atomic mass is 32.2. The summed E-state index contributed by atoms with van der Waals surface area (Å²) in [6.07, 6.45) is 10.6. The van der Waals surface area contributed by atoms with E-state index < -0.39 is 0 Å². The summed E-state index contributed by atoms with van der Waals surface area (Å²) in [5.41, 5.74) is 0.975. The lowest BCUT2D eigenvalue weighted by Crippen LogP contribution is -2.40. The number of hydrogen-bond donors (Lipinski definition) is 0. The van der Waals surface area contributed by atoms with E-state index in [0.717, 1.165) is 48.1 Å². The van der Waals surface area contributed by atoms with Gasteiger partial charge in [-0.25, -0.2) is 0 Å². The molecule has 0 unspecified atom stereocenters. The molecule has 0 aliphatic heterocycles. The summed E-state index contributed by atoms with van der Waals surface area (Å²) in [4.78, 5) is 18.9. The Morgan fingerprint density at radius 3 is 2.67 bits per heavy atom. The summed E-state index contributed by atoms with van der Waals surface area (Å²) >= 11 is 1.51. The fourth-order valence-corrected chi connectivity index (χ4v) is 4.72. The fraction of sp³-hybridized carbons (Fsp3) is 0.600. The molecular weight excluding hydrogens is 358 g/mol. The molecule has 2 aliphatic rings. The SMILES string of the molecule is CC1CCC(N(C)C(=O)CSc2nnc(-c3cccnc3)n2C2CC2)CC1. The van der Waals surface area contributed by atoms with Crippen LogP contribution in [-0.2, 0) is 4.79 Å². The number of nitrogens with zero attached hydrogens (tertiary/aromatic N) is 5. The molecule has 2 aromatic heterocycles. The number of rotatable bonds is 6. The lowest BCUT2D eigenvalue weighted by Gasteiger charge is -2.33. The molecule has 0 atom stereocenters. The Bertz CT molecular complexity index is 781. The topological polar surface area (TPSA) is 63.9 Å². The van der Waals surface area contributed by atoms with Gasteiger partial charge in [0.1, 0.15) is 0 Å². The van der Waals surface area contributed by atoms with Crippen molar-refractivity contribution in [3.8, 4) is 11.4 Å². The highest BCUT2D eigenvalue weighted by Gasteiger charge is 2.31. The third-order valence-electron chi connectivity index (χ3n) is 5.75. The number of pyridine rings is 1. The zero-order chi connectivity index (χ0) is 18.8. The second-order valence-corrected chi connectivity index (χ2v) is 8.80. The first kappa shape index (κ1) is 18.5. The van der Waals surface area contributed by atoms with Gasteiger partial charge in [-0.2, -0.15) is 0 Å². The molecule has 2 aliphatic carbocycles. The van der Waals surface area contributed by atoms with Gasteiger partial charge in [0.05, 0.1) is 5.75 Å². The maximum atomic E-state index is 12.7. The second kappa shape index (κ2) is 8.00. The Labute approximate surface area is 164 Å². The minimum absolute atomic E-state index is 0.188. The van der Waals surface area contributed by atoms with Crippen molar-refractivity contribution in [1.29, 1.82) is 0 Å². The average Bonchev–Trinajstić information content (AvgIpc) is 3.45. The van der Waals surface area contributed by atoms with Crippen LogP contribution in [0.15, 0.2) is 29.7 Å². The van der Waals surface area contributed by atoms with Crippen LogP contribution in [0.3, 0.4) is 0 Å². The molecule has 4 rings (SSSR count). The van der Waals surface area contributed by atoms with Gasteiger partial charge >= 0.3 is 0 Å². The van der Waals surface area contributed by atoms with Crippen LogP contribution in [0.5, 0.6) is 0 Å². The lowest BCUT2D eigenvalue weighted by atomic mass is 9.87. The van der Waals surface area contributed by atoms with E-state index in [9.17, 15) is 4.79 Å². The van der Waals surface area contributed by atoms with Crippen molar-refractivity contribution in [3.05, 3.63) is 24.5 Å².